The third-order valence-corrected chi connectivity index (χ3v) is 4.19. The van der Waals surface area contributed by atoms with E-state index < -0.39 is 4.92 Å². The van der Waals surface area contributed by atoms with Crippen LogP contribution in [0, 0.1) is 10.1 Å². The van der Waals surface area contributed by atoms with E-state index in [1.807, 2.05) is 43.3 Å². The third kappa shape index (κ3) is 4.58. The Bertz CT molecular complexity index is 805. The van der Waals surface area contributed by atoms with Crippen LogP contribution in [0.15, 0.2) is 42.5 Å². The number of Topliss-reactive ketones (excluding diaryl/α,β-unsaturated/α-hetero) is 1. The topological polar surface area (TPSA) is 84.7 Å². The molecule has 0 aliphatic carbocycles. The molecule has 0 aliphatic heterocycles. The normalized spacial score (nSPS) is 11.9. The molecule has 0 heterocycles. The van der Waals surface area contributed by atoms with Crippen LogP contribution in [0.1, 0.15) is 28.9 Å². The summed E-state index contributed by atoms with van der Waals surface area (Å²) in [6.07, 6.45) is 0. The zero-order valence-electron chi connectivity index (χ0n) is 15.4. The van der Waals surface area contributed by atoms with Crippen LogP contribution in [-0.2, 0) is 0 Å². The summed E-state index contributed by atoms with van der Waals surface area (Å²) in [6.45, 7) is 1.84. The first-order valence-electron chi connectivity index (χ1n) is 8.17. The standard InChI is InChI=1S/C19H23N3O4/c1-13(23)14-8-9-17(18(11-14)22(24)25)20-12-19(21(2)3)15-6-5-7-16(10-15)26-4/h5-11,19-20H,12H2,1-4H3. The van der Waals surface area contributed by atoms with E-state index in [0.29, 0.717) is 17.8 Å². The summed E-state index contributed by atoms with van der Waals surface area (Å²) >= 11 is 0. The molecule has 138 valence electrons. The number of ketones is 1. The smallest absolute Gasteiger partial charge is 0.293 e. The Hall–Kier alpha value is -2.93. The molecule has 2 rings (SSSR count). The van der Waals surface area contributed by atoms with Crippen molar-refractivity contribution in [3.63, 3.8) is 0 Å². The predicted molar refractivity (Wildman–Crippen MR) is 101 cm³/mol. The lowest BCUT2D eigenvalue weighted by molar-refractivity contribution is -0.384. The van der Waals surface area contributed by atoms with E-state index in [1.165, 1.54) is 13.0 Å². The number of nitrogens with zero attached hydrogens (tertiary/aromatic N) is 2. The van der Waals surface area contributed by atoms with Gasteiger partial charge in [-0.1, -0.05) is 12.1 Å². The lowest BCUT2D eigenvalue weighted by Gasteiger charge is -2.26. The molecule has 0 aliphatic rings. The van der Waals surface area contributed by atoms with Crippen molar-refractivity contribution in [1.82, 2.24) is 4.90 Å². The zero-order valence-corrected chi connectivity index (χ0v) is 15.4. The highest BCUT2D eigenvalue weighted by Gasteiger charge is 2.19. The van der Waals surface area contributed by atoms with Crippen molar-refractivity contribution >= 4 is 17.2 Å². The molecule has 0 spiro atoms. The largest absolute Gasteiger partial charge is 0.497 e. The van der Waals surface area contributed by atoms with Gasteiger partial charge < -0.3 is 15.0 Å². The van der Waals surface area contributed by atoms with Crippen molar-refractivity contribution in [2.24, 2.45) is 0 Å². The Kier molecular flexibility index (Phi) is 6.30. The van der Waals surface area contributed by atoms with Gasteiger partial charge >= 0.3 is 0 Å². The number of benzene rings is 2. The molecule has 0 bridgehead atoms. The summed E-state index contributed by atoms with van der Waals surface area (Å²) in [4.78, 5) is 24.4. The molecule has 0 saturated heterocycles. The third-order valence-electron chi connectivity index (χ3n) is 4.19. The summed E-state index contributed by atoms with van der Waals surface area (Å²) in [6, 6.07) is 12.2. The number of hydrogen-bond acceptors (Lipinski definition) is 6. The van der Waals surface area contributed by atoms with Crippen LogP contribution in [0.4, 0.5) is 11.4 Å². The molecule has 2 aromatic carbocycles. The summed E-state index contributed by atoms with van der Waals surface area (Å²) in [5.41, 5.74) is 1.62. The molecule has 0 fully saturated rings. The minimum atomic E-state index is -0.481. The maximum Gasteiger partial charge on any atom is 0.293 e. The fraction of sp³-hybridized carbons (Fsp3) is 0.316. The van der Waals surface area contributed by atoms with Gasteiger partial charge in [0.15, 0.2) is 5.78 Å². The van der Waals surface area contributed by atoms with Gasteiger partial charge in [0, 0.05) is 18.2 Å². The number of methoxy groups -OCH3 is 1. The fourth-order valence-corrected chi connectivity index (χ4v) is 2.71. The van der Waals surface area contributed by atoms with E-state index >= 15 is 0 Å². The van der Waals surface area contributed by atoms with Crippen molar-refractivity contribution in [3.05, 3.63) is 63.7 Å². The number of carbonyl (C=O) groups is 1. The van der Waals surface area contributed by atoms with Crippen LogP contribution in [0.5, 0.6) is 5.75 Å². The van der Waals surface area contributed by atoms with E-state index in [0.717, 1.165) is 11.3 Å². The van der Waals surface area contributed by atoms with Gasteiger partial charge in [-0.3, -0.25) is 14.9 Å². The lowest BCUT2D eigenvalue weighted by atomic mass is 10.0. The first-order chi connectivity index (χ1) is 12.3. The number of nitro groups is 1. The van der Waals surface area contributed by atoms with Crippen LogP contribution >= 0.6 is 0 Å². The van der Waals surface area contributed by atoms with Crippen molar-refractivity contribution in [3.8, 4) is 5.75 Å². The first-order valence-corrected chi connectivity index (χ1v) is 8.17. The van der Waals surface area contributed by atoms with E-state index in [1.54, 1.807) is 19.2 Å². The molecule has 0 radical (unpaired) electrons. The molecule has 1 N–H and O–H groups in total. The molecule has 0 amide bonds. The van der Waals surface area contributed by atoms with Crippen LogP contribution in [0.3, 0.4) is 0 Å². The van der Waals surface area contributed by atoms with Crippen molar-refractivity contribution in [2.45, 2.75) is 13.0 Å². The van der Waals surface area contributed by atoms with Crippen LogP contribution in [0.2, 0.25) is 0 Å². The van der Waals surface area contributed by atoms with E-state index in [4.69, 9.17) is 4.74 Å². The molecular formula is C19H23N3O4. The summed E-state index contributed by atoms with van der Waals surface area (Å²) in [5, 5.41) is 14.5. The van der Waals surface area contributed by atoms with Gasteiger partial charge in [0.2, 0.25) is 0 Å². The molecule has 7 nitrogen and oxygen atoms in total. The lowest BCUT2D eigenvalue weighted by Crippen LogP contribution is -2.27. The highest BCUT2D eigenvalue weighted by molar-refractivity contribution is 5.95. The van der Waals surface area contributed by atoms with Crippen molar-refractivity contribution in [2.75, 3.05) is 33.1 Å². The van der Waals surface area contributed by atoms with E-state index in [-0.39, 0.29) is 17.5 Å². The Morgan fingerprint density at radius 3 is 2.58 bits per heavy atom. The highest BCUT2D eigenvalue weighted by Crippen LogP contribution is 2.28. The molecule has 2 aromatic rings. The number of nitrogens with one attached hydrogen (secondary N) is 1. The maximum atomic E-state index is 11.5. The van der Waals surface area contributed by atoms with Crippen molar-refractivity contribution < 1.29 is 14.5 Å². The fourth-order valence-electron chi connectivity index (χ4n) is 2.71. The quantitative estimate of drug-likeness (QED) is 0.442. The van der Waals surface area contributed by atoms with Gasteiger partial charge in [0.05, 0.1) is 18.1 Å². The Labute approximate surface area is 152 Å². The molecule has 0 aromatic heterocycles. The van der Waals surface area contributed by atoms with Gasteiger partial charge in [-0.25, -0.2) is 0 Å². The van der Waals surface area contributed by atoms with Crippen LogP contribution < -0.4 is 10.1 Å². The summed E-state index contributed by atoms with van der Waals surface area (Å²) < 4.78 is 5.27. The van der Waals surface area contributed by atoms with Gasteiger partial charge in [0.1, 0.15) is 11.4 Å². The second-order valence-corrected chi connectivity index (χ2v) is 6.18. The molecule has 7 heteroatoms. The maximum absolute atomic E-state index is 11.5. The number of ether oxygens (including phenoxy) is 1. The zero-order chi connectivity index (χ0) is 19.3. The number of rotatable bonds is 8. The van der Waals surface area contributed by atoms with E-state index in [2.05, 4.69) is 5.32 Å². The Morgan fingerprint density at radius 1 is 1.27 bits per heavy atom. The van der Waals surface area contributed by atoms with Gasteiger partial charge in [-0.15, -0.1) is 0 Å². The minimum absolute atomic E-state index is 0.0165. The minimum Gasteiger partial charge on any atom is -0.497 e. The molecule has 26 heavy (non-hydrogen) atoms. The van der Waals surface area contributed by atoms with Gasteiger partial charge in [0.25, 0.3) is 5.69 Å². The number of hydrogen-bond donors (Lipinski definition) is 1. The first kappa shape index (κ1) is 19.4. The molecule has 1 unspecified atom stereocenters. The van der Waals surface area contributed by atoms with Crippen LogP contribution in [0.25, 0.3) is 0 Å². The molecule has 0 saturated carbocycles. The summed E-state index contributed by atoms with van der Waals surface area (Å²) in [7, 11) is 5.50. The predicted octanol–water partition coefficient (Wildman–Crippen LogP) is 3.52. The number of nitro benzene ring substituents is 1. The van der Waals surface area contributed by atoms with Crippen molar-refractivity contribution in [1.29, 1.82) is 0 Å². The molecular weight excluding hydrogens is 334 g/mol. The Balaban J connectivity index is 2.26. The number of likely N-dealkylation sites (N-methyl/N-ethyl adjacent to an activating group) is 1. The Morgan fingerprint density at radius 2 is 2.00 bits per heavy atom. The average Bonchev–Trinajstić information content (AvgIpc) is 2.61. The second kappa shape index (κ2) is 8.44. The average molecular weight is 357 g/mol. The summed E-state index contributed by atoms with van der Waals surface area (Å²) in [5.74, 6) is 0.549. The molecule has 1 atom stereocenters. The number of carbonyl (C=O) groups excluding carboxylic acids is 1. The second-order valence-electron chi connectivity index (χ2n) is 6.18. The van der Waals surface area contributed by atoms with E-state index in [9.17, 15) is 14.9 Å². The van der Waals surface area contributed by atoms with Gasteiger partial charge in [-0.05, 0) is 50.8 Å². The highest BCUT2D eigenvalue weighted by atomic mass is 16.6. The monoisotopic (exact) mass is 357 g/mol. The van der Waals surface area contributed by atoms with Gasteiger partial charge in [-0.2, -0.15) is 0 Å². The number of anilines is 1. The van der Waals surface area contributed by atoms with Crippen LogP contribution in [-0.4, -0.2) is 43.4 Å². The SMILES string of the molecule is COc1cccc(C(CNc2ccc(C(C)=O)cc2[N+](=O)[O-])N(C)C)c1.